The van der Waals surface area contributed by atoms with Crippen LogP contribution in [0.15, 0.2) is 72.1 Å². The average molecular weight is 570 g/mol. The third kappa shape index (κ3) is 7.46. The fraction of sp³-hybridized carbons (Fsp3) is 0.167. The first-order valence-corrected chi connectivity index (χ1v) is 13.4. The number of hydrogen-bond donors (Lipinski definition) is 4. The fourth-order valence-electron chi connectivity index (χ4n) is 3.82. The predicted octanol–water partition coefficient (Wildman–Crippen LogP) is 5.77. The first kappa shape index (κ1) is 28.8. The largest absolute Gasteiger partial charge is 0.507 e. The van der Waals surface area contributed by atoms with Crippen LogP contribution in [0.3, 0.4) is 0 Å². The Bertz CT molecular complexity index is 1640. The molecule has 4 N–H and O–H groups in total. The summed E-state index contributed by atoms with van der Waals surface area (Å²) in [5, 5.41) is 30.2. The Morgan fingerprint density at radius 1 is 1.00 bits per heavy atom. The van der Waals surface area contributed by atoms with Gasteiger partial charge in [0.25, 0.3) is 5.91 Å². The lowest BCUT2D eigenvalue weighted by Gasteiger charge is -2.19. The molecule has 0 aliphatic heterocycles. The quantitative estimate of drug-likeness (QED) is 0.220. The molecule has 3 amide bonds. The number of thiophene rings is 1. The van der Waals surface area contributed by atoms with Gasteiger partial charge in [0.15, 0.2) is 5.82 Å². The molecule has 2 heterocycles. The Kier molecular flexibility index (Phi) is 8.65. The Morgan fingerprint density at radius 3 is 2.46 bits per heavy atom. The van der Waals surface area contributed by atoms with Crippen LogP contribution in [0.2, 0.25) is 0 Å². The number of amides is 3. The molecule has 4 rings (SSSR count). The van der Waals surface area contributed by atoms with Gasteiger partial charge < -0.3 is 25.8 Å². The van der Waals surface area contributed by atoms with Gasteiger partial charge in [0.05, 0.1) is 10.6 Å². The zero-order valence-electron chi connectivity index (χ0n) is 22.5. The lowest BCUT2D eigenvalue weighted by molar-refractivity contribution is -0.115. The number of nitriles is 1. The molecule has 0 atom stereocenters. The number of rotatable bonds is 7. The summed E-state index contributed by atoms with van der Waals surface area (Å²) in [4.78, 5) is 42.2. The van der Waals surface area contributed by atoms with Gasteiger partial charge in [-0.15, -0.1) is 11.3 Å². The second-order valence-corrected chi connectivity index (χ2v) is 10.8. The monoisotopic (exact) mass is 569 g/mol. The van der Waals surface area contributed by atoms with Gasteiger partial charge in [-0.2, -0.15) is 5.26 Å². The number of phenols is 1. The van der Waals surface area contributed by atoms with Crippen LogP contribution in [-0.2, 0) is 9.53 Å². The smallest absolute Gasteiger partial charge is 0.408 e. The number of nitrogens with one attached hydrogen (secondary N) is 3. The number of ether oxygens (including phenoxy) is 1. The van der Waals surface area contributed by atoms with E-state index in [-0.39, 0.29) is 23.7 Å². The lowest BCUT2D eigenvalue weighted by Crippen LogP contribution is -2.37. The number of benzene rings is 2. The van der Waals surface area contributed by atoms with E-state index >= 15 is 0 Å². The van der Waals surface area contributed by atoms with Gasteiger partial charge in [-0.3, -0.25) is 9.59 Å². The van der Waals surface area contributed by atoms with Crippen LogP contribution in [0, 0.1) is 11.3 Å². The number of nitrogens with zero attached hydrogens (tertiary/aromatic N) is 2. The van der Waals surface area contributed by atoms with Gasteiger partial charge in [-0.05, 0) is 68.1 Å². The van der Waals surface area contributed by atoms with Crippen molar-refractivity contribution in [2.75, 3.05) is 17.2 Å². The minimum absolute atomic E-state index is 0.0234. The Hall–Kier alpha value is -5.21. The number of anilines is 2. The average Bonchev–Trinajstić information content (AvgIpc) is 3.46. The maximum absolute atomic E-state index is 12.9. The topological polar surface area (TPSA) is 153 Å². The lowest BCUT2D eigenvalue weighted by atomic mass is 9.97. The van der Waals surface area contributed by atoms with Crippen LogP contribution in [0.1, 0.15) is 36.0 Å². The van der Waals surface area contributed by atoms with E-state index in [2.05, 4.69) is 27.0 Å². The Balaban J connectivity index is 1.68. The number of para-hydroxylation sites is 1. The summed E-state index contributed by atoms with van der Waals surface area (Å²) in [6.45, 7) is 4.84. The first-order chi connectivity index (χ1) is 19.5. The van der Waals surface area contributed by atoms with Gasteiger partial charge >= 0.3 is 6.09 Å². The van der Waals surface area contributed by atoms with Crippen molar-refractivity contribution in [3.8, 4) is 34.2 Å². The molecule has 0 aliphatic carbocycles. The molecule has 0 saturated carbocycles. The van der Waals surface area contributed by atoms with Crippen LogP contribution >= 0.6 is 11.3 Å². The van der Waals surface area contributed by atoms with Gasteiger partial charge in [-0.25, -0.2) is 9.78 Å². The number of aromatic hydroxyl groups is 1. The number of alkyl carbamates (subject to hydrolysis) is 1. The maximum Gasteiger partial charge on any atom is 0.408 e. The summed E-state index contributed by atoms with van der Waals surface area (Å²) >= 11 is 1.25. The zero-order valence-corrected chi connectivity index (χ0v) is 23.3. The fourth-order valence-corrected chi connectivity index (χ4v) is 4.44. The van der Waals surface area contributed by atoms with E-state index in [1.807, 2.05) is 0 Å². The predicted molar refractivity (Wildman–Crippen MR) is 157 cm³/mol. The molecule has 0 bridgehead atoms. The highest BCUT2D eigenvalue weighted by atomic mass is 32.1. The summed E-state index contributed by atoms with van der Waals surface area (Å²) in [6, 6.07) is 20.5. The molecule has 10 nitrogen and oxygen atoms in total. The van der Waals surface area contributed by atoms with Crippen molar-refractivity contribution in [1.29, 1.82) is 5.26 Å². The molecule has 0 spiro atoms. The molecule has 208 valence electrons. The van der Waals surface area contributed by atoms with Crippen molar-refractivity contribution < 1.29 is 24.2 Å². The summed E-state index contributed by atoms with van der Waals surface area (Å²) in [5.74, 6) is -0.910. The van der Waals surface area contributed by atoms with Gasteiger partial charge in [0, 0.05) is 16.8 Å². The van der Waals surface area contributed by atoms with E-state index in [1.165, 1.54) is 17.4 Å². The minimum atomic E-state index is -0.717. The van der Waals surface area contributed by atoms with Crippen molar-refractivity contribution in [3.63, 3.8) is 0 Å². The summed E-state index contributed by atoms with van der Waals surface area (Å²) < 4.78 is 5.15. The van der Waals surface area contributed by atoms with E-state index in [1.54, 1.807) is 86.8 Å². The number of aromatic nitrogens is 1. The van der Waals surface area contributed by atoms with Crippen LogP contribution in [0.5, 0.6) is 5.75 Å². The minimum Gasteiger partial charge on any atom is -0.507 e. The van der Waals surface area contributed by atoms with Crippen molar-refractivity contribution in [2.24, 2.45) is 0 Å². The number of carbonyl (C=O) groups is 3. The molecule has 0 saturated heterocycles. The van der Waals surface area contributed by atoms with E-state index in [0.717, 1.165) is 0 Å². The van der Waals surface area contributed by atoms with Gasteiger partial charge in [-0.1, -0.05) is 30.3 Å². The van der Waals surface area contributed by atoms with E-state index < -0.39 is 23.5 Å². The van der Waals surface area contributed by atoms with Gasteiger partial charge in [0.2, 0.25) is 5.91 Å². The number of hydrogen-bond acceptors (Lipinski definition) is 8. The standard InChI is InChI=1S/C30H27N5O5S/c1-30(2,3)40-29(39)32-17-26(37)33-19-9-6-8-18(14-19)21-15-23(20-10-4-5-11-24(20)36)34-27(22(21)16-31)35-28(38)25-12-7-13-41-25/h4-15,36H,17H2,1-3H3,(H,32,39)(H,33,37)(H,34,35,38). The van der Waals surface area contributed by atoms with E-state index in [9.17, 15) is 24.8 Å². The Morgan fingerprint density at radius 2 is 1.78 bits per heavy atom. The molecule has 11 heteroatoms. The van der Waals surface area contributed by atoms with Crippen LogP contribution in [0.25, 0.3) is 22.4 Å². The highest BCUT2D eigenvalue weighted by molar-refractivity contribution is 7.12. The molecule has 0 unspecified atom stereocenters. The second kappa shape index (κ2) is 12.3. The highest BCUT2D eigenvalue weighted by Crippen LogP contribution is 2.36. The van der Waals surface area contributed by atoms with E-state index in [4.69, 9.17) is 4.74 Å². The van der Waals surface area contributed by atoms with Gasteiger partial charge in [0.1, 0.15) is 29.5 Å². The number of phenolic OH excluding ortho intramolecular Hbond substituents is 1. The van der Waals surface area contributed by atoms with E-state index in [0.29, 0.717) is 32.9 Å². The summed E-state index contributed by atoms with van der Waals surface area (Å²) in [5.41, 5.74) is 1.51. The summed E-state index contributed by atoms with van der Waals surface area (Å²) in [7, 11) is 0. The molecule has 4 aromatic rings. The molecule has 0 radical (unpaired) electrons. The Labute approximate surface area is 240 Å². The highest BCUT2D eigenvalue weighted by Gasteiger charge is 2.20. The maximum atomic E-state index is 12.9. The third-order valence-corrected chi connectivity index (χ3v) is 6.41. The summed E-state index contributed by atoms with van der Waals surface area (Å²) in [6.07, 6.45) is -0.717. The third-order valence-electron chi connectivity index (χ3n) is 5.54. The first-order valence-electron chi connectivity index (χ1n) is 12.5. The SMILES string of the molecule is CC(C)(C)OC(=O)NCC(=O)Nc1cccc(-c2cc(-c3ccccc3O)nc(NC(=O)c3cccs3)c2C#N)c1. The normalized spacial score (nSPS) is 10.8. The van der Waals surface area contributed by atoms with Crippen molar-refractivity contribution in [3.05, 3.63) is 82.6 Å². The number of carbonyl (C=O) groups excluding carboxylic acids is 3. The van der Waals surface area contributed by atoms with Crippen LogP contribution < -0.4 is 16.0 Å². The van der Waals surface area contributed by atoms with Crippen molar-refractivity contribution in [2.45, 2.75) is 26.4 Å². The van der Waals surface area contributed by atoms with Crippen LogP contribution in [-0.4, -0.2) is 40.1 Å². The van der Waals surface area contributed by atoms with Crippen LogP contribution in [0.4, 0.5) is 16.3 Å². The molecule has 2 aromatic heterocycles. The molecule has 2 aromatic carbocycles. The molecule has 41 heavy (non-hydrogen) atoms. The molecule has 0 fully saturated rings. The van der Waals surface area contributed by atoms with Crippen molar-refractivity contribution >= 4 is 40.7 Å². The zero-order chi connectivity index (χ0) is 29.6. The molecular formula is C30H27N5O5S. The van der Waals surface area contributed by atoms with Crippen molar-refractivity contribution in [1.82, 2.24) is 10.3 Å². The molecular weight excluding hydrogens is 542 g/mol. The number of pyridine rings is 1. The second-order valence-electron chi connectivity index (χ2n) is 9.82. The molecule has 0 aliphatic rings.